The molecule has 116 valence electrons. The van der Waals surface area contributed by atoms with E-state index in [1.165, 1.54) is 19.1 Å². The lowest BCUT2D eigenvalue weighted by Gasteiger charge is -2.14. The maximum Gasteiger partial charge on any atom is 0.242 e. The Kier molecular flexibility index (Phi) is 4.88. The fourth-order valence-corrected chi connectivity index (χ4v) is 3.50. The summed E-state index contributed by atoms with van der Waals surface area (Å²) in [5.74, 6) is -0.575. The van der Waals surface area contributed by atoms with Crippen LogP contribution in [0.4, 0.5) is 5.69 Å². The fourth-order valence-electron chi connectivity index (χ4n) is 1.94. The van der Waals surface area contributed by atoms with Crippen molar-refractivity contribution >= 4 is 33.0 Å². The van der Waals surface area contributed by atoms with Gasteiger partial charge in [-0.1, -0.05) is 35.9 Å². The van der Waals surface area contributed by atoms with Gasteiger partial charge in [-0.05, 0) is 43.7 Å². The van der Waals surface area contributed by atoms with E-state index >= 15 is 0 Å². The topological polar surface area (TPSA) is 63.2 Å². The molecule has 4 nitrogen and oxygen atoms in total. The largest absolute Gasteiger partial charge is 0.325 e. The third-order valence-corrected chi connectivity index (χ3v) is 5.65. The number of aryl methyl sites for hydroxylation is 1. The van der Waals surface area contributed by atoms with Crippen LogP contribution in [0.3, 0.4) is 0 Å². The van der Waals surface area contributed by atoms with E-state index in [1.54, 1.807) is 24.3 Å². The van der Waals surface area contributed by atoms with Crippen LogP contribution in [-0.4, -0.2) is 19.6 Å². The molecule has 2 rings (SSSR count). The summed E-state index contributed by atoms with van der Waals surface area (Å²) in [6.45, 7) is 3.20. The molecule has 0 bridgehead atoms. The molecule has 0 aliphatic carbocycles. The van der Waals surface area contributed by atoms with Crippen molar-refractivity contribution in [3.63, 3.8) is 0 Å². The lowest BCUT2D eigenvalue weighted by Crippen LogP contribution is -2.32. The first-order valence-electron chi connectivity index (χ1n) is 6.68. The number of nitrogens with one attached hydrogen (secondary N) is 1. The smallest absolute Gasteiger partial charge is 0.242 e. The summed E-state index contributed by atoms with van der Waals surface area (Å²) in [6, 6.07) is 13.1. The summed E-state index contributed by atoms with van der Waals surface area (Å²) in [7, 11) is -3.79. The van der Waals surface area contributed by atoms with Crippen LogP contribution in [0, 0.1) is 6.92 Å². The van der Waals surface area contributed by atoms with E-state index in [-0.39, 0.29) is 4.90 Å². The average Bonchev–Trinajstić information content (AvgIpc) is 2.48. The van der Waals surface area contributed by atoms with Gasteiger partial charge in [-0.25, -0.2) is 8.42 Å². The molecule has 1 N–H and O–H groups in total. The molecule has 0 spiro atoms. The molecule has 1 unspecified atom stereocenters. The molecule has 1 atom stereocenters. The van der Waals surface area contributed by atoms with Gasteiger partial charge in [-0.15, -0.1) is 0 Å². The Balaban J connectivity index is 2.25. The van der Waals surface area contributed by atoms with Crippen LogP contribution < -0.4 is 5.32 Å². The normalized spacial score (nSPS) is 12.7. The van der Waals surface area contributed by atoms with Crippen LogP contribution in [0.15, 0.2) is 53.4 Å². The number of hydrogen-bond acceptors (Lipinski definition) is 3. The molecule has 2 aromatic rings. The summed E-state index contributed by atoms with van der Waals surface area (Å²) in [6.07, 6.45) is 0. The molecule has 0 radical (unpaired) electrons. The van der Waals surface area contributed by atoms with Crippen LogP contribution in [0.1, 0.15) is 12.5 Å². The van der Waals surface area contributed by atoms with Gasteiger partial charge in [0, 0.05) is 10.7 Å². The zero-order valence-electron chi connectivity index (χ0n) is 12.2. The zero-order valence-corrected chi connectivity index (χ0v) is 13.8. The zero-order chi connectivity index (χ0) is 16.3. The number of para-hydroxylation sites is 1. The first kappa shape index (κ1) is 16.5. The molecule has 0 heterocycles. The summed E-state index contributed by atoms with van der Waals surface area (Å²) < 4.78 is 25.0. The van der Waals surface area contributed by atoms with Crippen LogP contribution >= 0.6 is 11.6 Å². The Morgan fingerprint density at radius 1 is 1.14 bits per heavy atom. The molecule has 0 saturated carbocycles. The minimum Gasteiger partial charge on any atom is -0.325 e. The highest BCUT2D eigenvalue weighted by Gasteiger charge is 2.30. The van der Waals surface area contributed by atoms with E-state index in [0.717, 1.165) is 5.56 Å². The molecule has 0 fully saturated rings. The Bertz CT molecular complexity index is 803. The summed E-state index contributed by atoms with van der Waals surface area (Å²) in [4.78, 5) is 12.3. The molecule has 0 aliphatic heterocycles. The van der Waals surface area contributed by atoms with Gasteiger partial charge in [0.2, 0.25) is 5.91 Å². The highest BCUT2D eigenvalue weighted by atomic mass is 35.5. The van der Waals surface area contributed by atoms with E-state index in [0.29, 0.717) is 10.7 Å². The molecule has 0 saturated heterocycles. The van der Waals surface area contributed by atoms with Gasteiger partial charge in [0.15, 0.2) is 9.84 Å². The quantitative estimate of drug-likeness (QED) is 0.929. The first-order chi connectivity index (χ1) is 10.3. The predicted molar refractivity (Wildman–Crippen MR) is 87.9 cm³/mol. The first-order valence-corrected chi connectivity index (χ1v) is 8.61. The summed E-state index contributed by atoms with van der Waals surface area (Å²) in [5.41, 5.74) is 1.46. The SMILES string of the molecule is Cc1ccccc1NC(=O)C(C)S(=O)(=O)c1cccc(Cl)c1. The predicted octanol–water partition coefficient (Wildman–Crippen LogP) is 3.45. The van der Waals surface area contributed by atoms with Crippen molar-refractivity contribution in [2.24, 2.45) is 0 Å². The second kappa shape index (κ2) is 6.50. The van der Waals surface area contributed by atoms with Crippen LogP contribution in [0.5, 0.6) is 0 Å². The van der Waals surface area contributed by atoms with Crippen LogP contribution in [0.25, 0.3) is 0 Å². The maximum atomic E-state index is 12.5. The van der Waals surface area contributed by atoms with Gasteiger partial charge in [0.1, 0.15) is 5.25 Å². The Hall–Kier alpha value is -1.85. The van der Waals surface area contributed by atoms with E-state index in [2.05, 4.69) is 5.32 Å². The Morgan fingerprint density at radius 3 is 2.45 bits per heavy atom. The number of hydrogen-bond donors (Lipinski definition) is 1. The number of anilines is 1. The Morgan fingerprint density at radius 2 is 1.82 bits per heavy atom. The highest BCUT2D eigenvalue weighted by molar-refractivity contribution is 7.92. The van der Waals surface area contributed by atoms with Crippen molar-refractivity contribution in [3.05, 3.63) is 59.1 Å². The van der Waals surface area contributed by atoms with Crippen LogP contribution in [0.2, 0.25) is 5.02 Å². The van der Waals surface area contributed by atoms with Crippen molar-refractivity contribution in [2.45, 2.75) is 24.0 Å². The maximum absolute atomic E-state index is 12.5. The Labute approximate surface area is 135 Å². The van der Waals surface area contributed by atoms with Gasteiger partial charge >= 0.3 is 0 Å². The number of benzene rings is 2. The monoisotopic (exact) mass is 337 g/mol. The van der Waals surface area contributed by atoms with E-state index in [1.807, 2.05) is 19.1 Å². The molecule has 2 aromatic carbocycles. The number of carbonyl (C=O) groups excluding carboxylic acids is 1. The number of amides is 1. The minimum atomic E-state index is -3.79. The van der Waals surface area contributed by atoms with E-state index in [9.17, 15) is 13.2 Å². The van der Waals surface area contributed by atoms with Crippen molar-refractivity contribution in [1.29, 1.82) is 0 Å². The average molecular weight is 338 g/mol. The fraction of sp³-hybridized carbons (Fsp3) is 0.188. The second-order valence-electron chi connectivity index (χ2n) is 4.95. The number of rotatable bonds is 4. The standard InChI is InChI=1S/C16H16ClNO3S/c1-11-6-3-4-9-15(11)18-16(19)12(2)22(20,21)14-8-5-7-13(17)10-14/h3-10,12H,1-2H3,(H,18,19). The van der Waals surface area contributed by atoms with Gasteiger partial charge in [-0.3, -0.25) is 4.79 Å². The van der Waals surface area contributed by atoms with Gasteiger partial charge in [0.05, 0.1) is 4.90 Å². The lowest BCUT2D eigenvalue weighted by atomic mass is 10.2. The molecule has 6 heteroatoms. The molecule has 0 aliphatic rings. The molecule has 0 aromatic heterocycles. The van der Waals surface area contributed by atoms with Crippen LogP contribution in [-0.2, 0) is 14.6 Å². The summed E-state index contributed by atoms with van der Waals surface area (Å²) >= 11 is 5.82. The second-order valence-corrected chi connectivity index (χ2v) is 7.65. The number of halogens is 1. The lowest BCUT2D eigenvalue weighted by molar-refractivity contribution is -0.115. The molecule has 1 amide bonds. The van der Waals surface area contributed by atoms with Gasteiger partial charge in [0.25, 0.3) is 0 Å². The number of sulfone groups is 1. The van der Waals surface area contributed by atoms with Crippen molar-refractivity contribution in [2.75, 3.05) is 5.32 Å². The molecule has 22 heavy (non-hydrogen) atoms. The minimum absolute atomic E-state index is 0.0347. The van der Waals surface area contributed by atoms with E-state index < -0.39 is 21.0 Å². The van der Waals surface area contributed by atoms with Gasteiger partial charge in [-0.2, -0.15) is 0 Å². The highest BCUT2D eigenvalue weighted by Crippen LogP contribution is 2.21. The number of carbonyl (C=O) groups is 1. The molecular formula is C16H16ClNO3S. The van der Waals surface area contributed by atoms with Crippen molar-refractivity contribution in [3.8, 4) is 0 Å². The third-order valence-electron chi connectivity index (χ3n) is 3.36. The van der Waals surface area contributed by atoms with Gasteiger partial charge < -0.3 is 5.32 Å². The third kappa shape index (κ3) is 3.48. The van der Waals surface area contributed by atoms with E-state index in [4.69, 9.17) is 11.6 Å². The van der Waals surface area contributed by atoms with Crippen molar-refractivity contribution in [1.82, 2.24) is 0 Å². The molecular weight excluding hydrogens is 322 g/mol. The summed E-state index contributed by atoms with van der Waals surface area (Å²) in [5, 5.41) is 1.74. The van der Waals surface area contributed by atoms with Crippen molar-refractivity contribution < 1.29 is 13.2 Å².